The summed E-state index contributed by atoms with van der Waals surface area (Å²) in [5.74, 6) is -0.607. The molecule has 2 amide bonds. The molecular weight excluding hydrogens is 392 g/mol. The molecule has 6 nitrogen and oxygen atoms in total. The van der Waals surface area contributed by atoms with Crippen LogP contribution in [0.15, 0.2) is 48.5 Å². The molecule has 160 valence electrons. The van der Waals surface area contributed by atoms with Gasteiger partial charge in [-0.3, -0.25) is 14.5 Å². The molecular formula is C22H25F2N3O3. The van der Waals surface area contributed by atoms with Gasteiger partial charge in [0.15, 0.2) is 0 Å². The summed E-state index contributed by atoms with van der Waals surface area (Å²) in [4.78, 5) is 29.0. The fraction of sp³-hybridized carbons (Fsp3) is 0.364. The first-order valence-electron chi connectivity index (χ1n) is 9.80. The van der Waals surface area contributed by atoms with Crippen molar-refractivity contribution in [1.82, 2.24) is 9.80 Å². The molecule has 2 aromatic carbocycles. The van der Waals surface area contributed by atoms with Gasteiger partial charge in [-0.25, -0.2) is 0 Å². The number of benzene rings is 2. The van der Waals surface area contributed by atoms with E-state index in [1.54, 1.807) is 17.0 Å². The molecule has 0 saturated carbocycles. The summed E-state index contributed by atoms with van der Waals surface area (Å²) < 4.78 is 29.7. The Kier molecular flexibility index (Phi) is 6.99. The first kappa shape index (κ1) is 21.7. The third-order valence-electron chi connectivity index (χ3n) is 5.15. The van der Waals surface area contributed by atoms with Crippen LogP contribution in [0.25, 0.3) is 0 Å². The Balaban J connectivity index is 1.58. The number of ether oxygens (including phenoxy) is 1. The quantitative estimate of drug-likeness (QED) is 0.783. The van der Waals surface area contributed by atoms with Gasteiger partial charge in [0.25, 0.3) is 5.91 Å². The van der Waals surface area contributed by atoms with Crippen LogP contribution in [0.2, 0.25) is 0 Å². The van der Waals surface area contributed by atoms with Crippen LogP contribution in [0.4, 0.5) is 14.5 Å². The second kappa shape index (κ2) is 9.67. The zero-order chi connectivity index (χ0) is 21.7. The highest BCUT2D eigenvalue weighted by Crippen LogP contribution is 2.23. The molecule has 1 N–H and O–H groups in total. The molecule has 0 aliphatic carbocycles. The minimum absolute atomic E-state index is 0.108. The molecule has 30 heavy (non-hydrogen) atoms. The van der Waals surface area contributed by atoms with Gasteiger partial charge >= 0.3 is 6.61 Å². The number of rotatable bonds is 6. The van der Waals surface area contributed by atoms with Gasteiger partial charge in [0.05, 0.1) is 11.6 Å². The van der Waals surface area contributed by atoms with Crippen LogP contribution < -0.4 is 10.1 Å². The van der Waals surface area contributed by atoms with E-state index in [9.17, 15) is 18.4 Å². The third kappa shape index (κ3) is 5.33. The Labute approximate surface area is 174 Å². The molecule has 3 rings (SSSR count). The van der Waals surface area contributed by atoms with Crippen molar-refractivity contribution >= 4 is 17.5 Å². The van der Waals surface area contributed by atoms with E-state index in [1.807, 2.05) is 43.0 Å². The summed E-state index contributed by atoms with van der Waals surface area (Å²) in [7, 11) is 0. The summed E-state index contributed by atoms with van der Waals surface area (Å²) in [5, 5.41) is 2.92. The number of carbonyl (C=O) groups excluding carboxylic acids is 2. The molecule has 1 fully saturated rings. The van der Waals surface area contributed by atoms with Crippen LogP contribution >= 0.6 is 0 Å². The van der Waals surface area contributed by atoms with Gasteiger partial charge in [-0.15, -0.1) is 0 Å². The minimum atomic E-state index is -3.00. The minimum Gasteiger partial charge on any atom is -0.434 e. The molecule has 2 aromatic rings. The summed E-state index contributed by atoms with van der Waals surface area (Å²) in [6, 6.07) is 13.2. The van der Waals surface area contributed by atoms with Crippen molar-refractivity contribution in [3.8, 4) is 5.75 Å². The lowest BCUT2D eigenvalue weighted by Crippen LogP contribution is -2.54. The third-order valence-corrected chi connectivity index (χ3v) is 5.15. The van der Waals surface area contributed by atoms with Gasteiger partial charge in [-0.2, -0.15) is 8.78 Å². The van der Waals surface area contributed by atoms with Gasteiger partial charge in [-0.05, 0) is 43.7 Å². The highest BCUT2D eigenvalue weighted by molar-refractivity contribution is 5.97. The molecule has 0 aromatic heterocycles. The Hall–Kier alpha value is -3.00. The number of amides is 2. The maximum atomic E-state index is 12.8. The number of anilines is 1. The van der Waals surface area contributed by atoms with E-state index in [2.05, 4.69) is 10.1 Å². The lowest BCUT2D eigenvalue weighted by molar-refractivity contribution is -0.121. The van der Waals surface area contributed by atoms with Crippen LogP contribution in [-0.4, -0.2) is 60.4 Å². The molecule has 1 saturated heterocycles. The number of para-hydroxylation sites is 1. The van der Waals surface area contributed by atoms with Crippen molar-refractivity contribution in [2.45, 2.75) is 26.5 Å². The van der Waals surface area contributed by atoms with Crippen LogP contribution in [0.5, 0.6) is 5.75 Å². The van der Waals surface area contributed by atoms with E-state index in [1.165, 1.54) is 12.1 Å². The number of nitrogens with one attached hydrogen (secondary N) is 1. The van der Waals surface area contributed by atoms with Crippen molar-refractivity contribution in [2.75, 3.05) is 31.5 Å². The second-order valence-corrected chi connectivity index (χ2v) is 7.24. The Morgan fingerprint density at radius 1 is 1.03 bits per heavy atom. The first-order chi connectivity index (χ1) is 14.3. The molecule has 0 radical (unpaired) electrons. The smallest absolute Gasteiger partial charge is 0.387 e. The molecule has 8 heteroatoms. The predicted molar refractivity (Wildman–Crippen MR) is 110 cm³/mol. The predicted octanol–water partition coefficient (Wildman–Crippen LogP) is 3.38. The number of aryl methyl sites for hydroxylation is 1. The number of hydrogen-bond acceptors (Lipinski definition) is 4. The van der Waals surface area contributed by atoms with E-state index in [-0.39, 0.29) is 29.2 Å². The fourth-order valence-electron chi connectivity index (χ4n) is 3.46. The molecule has 1 heterocycles. The van der Waals surface area contributed by atoms with E-state index in [0.29, 0.717) is 26.2 Å². The van der Waals surface area contributed by atoms with Crippen molar-refractivity contribution < 1.29 is 23.1 Å². The van der Waals surface area contributed by atoms with Crippen molar-refractivity contribution in [1.29, 1.82) is 0 Å². The van der Waals surface area contributed by atoms with Gasteiger partial charge in [0, 0.05) is 31.9 Å². The van der Waals surface area contributed by atoms with Gasteiger partial charge < -0.3 is 15.0 Å². The lowest BCUT2D eigenvalue weighted by Gasteiger charge is -2.37. The molecule has 1 aliphatic rings. The largest absolute Gasteiger partial charge is 0.434 e. The Morgan fingerprint density at radius 2 is 1.73 bits per heavy atom. The van der Waals surface area contributed by atoms with Gasteiger partial charge in [-0.1, -0.05) is 24.3 Å². The molecule has 0 spiro atoms. The SMILES string of the molecule is Cc1cccc(NC(=O)C(C)N2CCN(C(=O)c3ccccc3OC(F)F)CC2)c1. The average Bonchev–Trinajstić information content (AvgIpc) is 2.73. The second-order valence-electron chi connectivity index (χ2n) is 7.24. The normalized spacial score (nSPS) is 15.7. The maximum absolute atomic E-state index is 12.8. The molecule has 1 aliphatic heterocycles. The monoisotopic (exact) mass is 417 g/mol. The Bertz CT molecular complexity index is 899. The first-order valence-corrected chi connectivity index (χ1v) is 9.80. The average molecular weight is 417 g/mol. The van der Waals surface area contributed by atoms with Gasteiger partial charge in [0.1, 0.15) is 5.75 Å². The van der Waals surface area contributed by atoms with E-state index < -0.39 is 6.61 Å². The summed E-state index contributed by atoms with van der Waals surface area (Å²) in [6.07, 6.45) is 0. The number of halogens is 2. The number of carbonyl (C=O) groups is 2. The molecule has 1 unspecified atom stereocenters. The van der Waals surface area contributed by atoms with E-state index in [0.717, 1.165) is 11.3 Å². The van der Waals surface area contributed by atoms with Crippen molar-refractivity contribution in [3.63, 3.8) is 0 Å². The zero-order valence-corrected chi connectivity index (χ0v) is 17.0. The zero-order valence-electron chi connectivity index (χ0n) is 17.0. The van der Waals surface area contributed by atoms with Crippen LogP contribution in [0.1, 0.15) is 22.8 Å². The standard InChI is InChI=1S/C22H25F2N3O3/c1-15-6-5-7-17(14-15)25-20(28)16(2)26-10-12-27(13-11-26)21(29)18-8-3-4-9-19(18)30-22(23)24/h3-9,14,16,22H,10-13H2,1-2H3,(H,25,28). The van der Waals surface area contributed by atoms with Crippen LogP contribution in [0.3, 0.4) is 0 Å². The summed E-state index contributed by atoms with van der Waals surface area (Å²) in [5.41, 5.74) is 1.91. The number of hydrogen-bond donors (Lipinski definition) is 1. The van der Waals surface area contributed by atoms with Crippen LogP contribution in [0, 0.1) is 6.92 Å². The number of alkyl halides is 2. The van der Waals surface area contributed by atoms with Crippen LogP contribution in [-0.2, 0) is 4.79 Å². The van der Waals surface area contributed by atoms with E-state index >= 15 is 0 Å². The highest BCUT2D eigenvalue weighted by atomic mass is 19.3. The number of piperazine rings is 1. The summed E-state index contributed by atoms with van der Waals surface area (Å²) in [6.45, 7) is 2.59. The number of nitrogens with zero attached hydrogens (tertiary/aromatic N) is 2. The molecule has 1 atom stereocenters. The highest BCUT2D eigenvalue weighted by Gasteiger charge is 2.29. The van der Waals surface area contributed by atoms with Crippen molar-refractivity contribution in [3.05, 3.63) is 59.7 Å². The van der Waals surface area contributed by atoms with E-state index in [4.69, 9.17) is 0 Å². The summed E-state index contributed by atoms with van der Waals surface area (Å²) >= 11 is 0. The lowest BCUT2D eigenvalue weighted by atomic mass is 10.1. The van der Waals surface area contributed by atoms with Gasteiger partial charge in [0.2, 0.25) is 5.91 Å². The Morgan fingerprint density at radius 3 is 2.40 bits per heavy atom. The topological polar surface area (TPSA) is 61.9 Å². The fourth-order valence-corrected chi connectivity index (χ4v) is 3.46. The maximum Gasteiger partial charge on any atom is 0.387 e. The van der Waals surface area contributed by atoms with Crippen molar-refractivity contribution in [2.24, 2.45) is 0 Å². The molecule has 0 bridgehead atoms.